The fourth-order valence-electron chi connectivity index (χ4n) is 8.47. The number of rotatable bonds is 5. The van der Waals surface area contributed by atoms with E-state index in [9.17, 15) is 0 Å². The lowest BCUT2D eigenvalue weighted by atomic mass is 9.81. The maximum absolute atomic E-state index is 5.12. The second-order valence-corrected chi connectivity index (χ2v) is 14.4. The summed E-state index contributed by atoms with van der Waals surface area (Å²) < 4.78 is 0. The van der Waals surface area contributed by atoms with E-state index < -0.39 is 0 Å². The highest BCUT2D eigenvalue weighted by Gasteiger charge is 2.38. The van der Waals surface area contributed by atoms with Crippen LogP contribution in [0.15, 0.2) is 170 Å². The molecule has 7 aromatic carbocycles. The van der Waals surface area contributed by atoms with Gasteiger partial charge in [0.15, 0.2) is 17.5 Å². The first-order valence-corrected chi connectivity index (χ1v) is 18.0. The summed E-state index contributed by atoms with van der Waals surface area (Å²) in [7, 11) is 0. The van der Waals surface area contributed by atoms with Crippen molar-refractivity contribution in [1.82, 2.24) is 15.0 Å². The Morgan fingerprint density at radius 1 is 0.385 bits per heavy atom. The van der Waals surface area contributed by atoms with Crippen LogP contribution in [0.4, 0.5) is 0 Å². The molecular weight excluding hydrogens is 631 g/mol. The number of aromatic nitrogens is 3. The van der Waals surface area contributed by atoms with Crippen molar-refractivity contribution in [2.75, 3.05) is 0 Å². The van der Waals surface area contributed by atoms with Crippen LogP contribution in [0.1, 0.15) is 47.6 Å². The third kappa shape index (κ3) is 4.77. The van der Waals surface area contributed by atoms with Gasteiger partial charge in [-0.3, -0.25) is 0 Å². The first kappa shape index (κ1) is 30.4. The smallest absolute Gasteiger partial charge is 0.164 e. The lowest BCUT2D eigenvalue weighted by Crippen LogP contribution is -2.15. The van der Waals surface area contributed by atoms with Crippen molar-refractivity contribution in [3.63, 3.8) is 0 Å². The minimum Gasteiger partial charge on any atom is -0.208 e. The third-order valence-electron chi connectivity index (χ3n) is 11.0. The summed E-state index contributed by atoms with van der Waals surface area (Å²) >= 11 is 0. The number of fused-ring (bicyclic) bond motifs is 6. The van der Waals surface area contributed by atoms with Crippen molar-refractivity contribution in [2.24, 2.45) is 0 Å². The molecule has 2 aliphatic carbocycles. The Labute approximate surface area is 304 Å². The Kier molecular flexibility index (Phi) is 6.91. The summed E-state index contributed by atoms with van der Waals surface area (Å²) in [4.78, 5) is 15.2. The minimum absolute atomic E-state index is 0.212. The van der Waals surface area contributed by atoms with Crippen LogP contribution in [-0.2, 0) is 5.41 Å². The molecule has 2 aliphatic rings. The normalized spacial score (nSPS) is 14.7. The molecule has 1 aromatic heterocycles. The van der Waals surface area contributed by atoms with Gasteiger partial charge in [0.1, 0.15) is 0 Å². The van der Waals surface area contributed by atoms with Gasteiger partial charge in [0.2, 0.25) is 0 Å². The summed E-state index contributed by atoms with van der Waals surface area (Å²) in [6.07, 6.45) is 0. The van der Waals surface area contributed by atoms with E-state index in [-0.39, 0.29) is 11.3 Å². The molecule has 0 spiro atoms. The van der Waals surface area contributed by atoms with Crippen LogP contribution in [0.3, 0.4) is 0 Å². The maximum Gasteiger partial charge on any atom is 0.164 e. The number of nitrogens with zero attached hydrogens (tertiary/aromatic N) is 3. The second-order valence-electron chi connectivity index (χ2n) is 14.4. The molecule has 52 heavy (non-hydrogen) atoms. The molecule has 0 amide bonds. The summed E-state index contributed by atoms with van der Waals surface area (Å²) in [5.74, 6) is 2.27. The van der Waals surface area contributed by atoms with Crippen molar-refractivity contribution >= 4 is 0 Å². The predicted molar refractivity (Wildman–Crippen MR) is 212 cm³/mol. The molecule has 0 bridgehead atoms. The molecule has 8 aromatic rings. The Morgan fingerprint density at radius 2 is 0.942 bits per heavy atom. The van der Waals surface area contributed by atoms with Crippen LogP contribution in [-0.4, -0.2) is 15.0 Å². The van der Waals surface area contributed by atoms with Crippen molar-refractivity contribution in [3.05, 3.63) is 198 Å². The summed E-state index contributed by atoms with van der Waals surface area (Å²) in [5.41, 5.74) is 17.0. The topological polar surface area (TPSA) is 38.7 Å². The lowest BCUT2D eigenvalue weighted by molar-refractivity contribution is 0.660. The Balaban J connectivity index is 1.10. The SMILES string of the molecule is CC1(C)c2cc(-c3ccc4c(c3)-c3ccccc3C4c3ccccc3)ccc2-c2c(-c3nc(-c4ccccc4)nc(-c4ccccc4)n3)cccc21. The van der Waals surface area contributed by atoms with Crippen LogP contribution >= 0.6 is 0 Å². The van der Waals surface area contributed by atoms with Crippen molar-refractivity contribution in [1.29, 1.82) is 0 Å². The average molecular weight is 666 g/mol. The van der Waals surface area contributed by atoms with Gasteiger partial charge in [0.25, 0.3) is 0 Å². The fourth-order valence-corrected chi connectivity index (χ4v) is 8.47. The van der Waals surface area contributed by atoms with E-state index in [1.807, 2.05) is 36.4 Å². The molecule has 3 heteroatoms. The van der Waals surface area contributed by atoms with Gasteiger partial charge in [-0.05, 0) is 73.3 Å². The first-order valence-electron chi connectivity index (χ1n) is 18.0. The van der Waals surface area contributed by atoms with Crippen LogP contribution in [0, 0.1) is 0 Å². The molecular formula is C49H35N3. The molecule has 1 unspecified atom stereocenters. The Morgan fingerprint density at radius 3 is 1.65 bits per heavy atom. The van der Waals surface area contributed by atoms with Gasteiger partial charge >= 0.3 is 0 Å². The zero-order chi connectivity index (χ0) is 34.8. The Bertz CT molecular complexity index is 2590. The van der Waals surface area contributed by atoms with E-state index in [1.165, 1.54) is 61.2 Å². The highest BCUT2D eigenvalue weighted by Crippen LogP contribution is 2.53. The highest BCUT2D eigenvalue weighted by atomic mass is 15.0. The molecule has 1 heterocycles. The molecule has 0 radical (unpaired) electrons. The number of hydrogen-bond donors (Lipinski definition) is 0. The summed E-state index contributed by atoms with van der Waals surface area (Å²) in [5, 5.41) is 0. The summed E-state index contributed by atoms with van der Waals surface area (Å²) in [6, 6.07) is 60.8. The van der Waals surface area contributed by atoms with Crippen LogP contribution in [0.5, 0.6) is 0 Å². The Hall–Kier alpha value is -6.45. The number of hydrogen-bond acceptors (Lipinski definition) is 3. The molecule has 1 atom stereocenters. The van der Waals surface area contributed by atoms with E-state index in [0.717, 1.165) is 16.7 Å². The van der Waals surface area contributed by atoms with E-state index in [2.05, 4.69) is 147 Å². The largest absolute Gasteiger partial charge is 0.208 e. The van der Waals surface area contributed by atoms with Crippen molar-refractivity contribution in [3.8, 4) is 67.5 Å². The van der Waals surface area contributed by atoms with E-state index >= 15 is 0 Å². The molecule has 246 valence electrons. The van der Waals surface area contributed by atoms with Crippen LogP contribution < -0.4 is 0 Å². The fraction of sp³-hybridized carbons (Fsp3) is 0.0816. The van der Waals surface area contributed by atoms with E-state index in [1.54, 1.807) is 0 Å². The second kappa shape index (κ2) is 11.8. The predicted octanol–water partition coefficient (Wildman–Crippen LogP) is 12.0. The molecule has 0 saturated carbocycles. The van der Waals surface area contributed by atoms with Crippen molar-refractivity contribution < 1.29 is 0 Å². The van der Waals surface area contributed by atoms with Gasteiger partial charge in [0, 0.05) is 28.0 Å². The van der Waals surface area contributed by atoms with Gasteiger partial charge in [-0.2, -0.15) is 0 Å². The summed E-state index contributed by atoms with van der Waals surface area (Å²) in [6.45, 7) is 4.68. The molecule has 3 nitrogen and oxygen atoms in total. The van der Waals surface area contributed by atoms with E-state index in [4.69, 9.17) is 15.0 Å². The zero-order valence-electron chi connectivity index (χ0n) is 29.1. The van der Waals surface area contributed by atoms with Gasteiger partial charge in [-0.25, -0.2) is 15.0 Å². The highest BCUT2D eigenvalue weighted by molar-refractivity contribution is 5.93. The standard InChI is InChI=1S/C49H35N3/c1-49(2)42-24-14-23-40(48-51-46(32-17-8-4-9-18-32)50-47(52-48)33-19-10-5-11-20-33)45(42)39-28-26-35(30-43(39)49)34-25-27-38-41(29-34)36-21-12-13-22-37(36)44(38)31-15-6-3-7-16-31/h3-30,44H,1-2H3. The molecule has 0 N–H and O–H groups in total. The first-order chi connectivity index (χ1) is 25.5. The van der Waals surface area contributed by atoms with Gasteiger partial charge in [0.05, 0.1) is 0 Å². The van der Waals surface area contributed by atoms with Crippen LogP contribution in [0.2, 0.25) is 0 Å². The van der Waals surface area contributed by atoms with Gasteiger partial charge in [-0.15, -0.1) is 0 Å². The van der Waals surface area contributed by atoms with Crippen molar-refractivity contribution in [2.45, 2.75) is 25.2 Å². The lowest BCUT2D eigenvalue weighted by Gasteiger charge is -2.22. The molecule has 0 aliphatic heterocycles. The average Bonchev–Trinajstić information content (AvgIpc) is 3.66. The molecule has 0 saturated heterocycles. The zero-order valence-corrected chi connectivity index (χ0v) is 29.1. The molecule has 10 rings (SSSR count). The number of benzene rings is 7. The van der Waals surface area contributed by atoms with E-state index in [0.29, 0.717) is 17.5 Å². The quantitative estimate of drug-likeness (QED) is 0.184. The molecule has 0 fully saturated rings. The third-order valence-corrected chi connectivity index (χ3v) is 11.0. The van der Waals surface area contributed by atoms with Gasteiger partial charge in [-0.1, -0.05) is 172 Å². The maximum atomic E-state index is 5.12. The van der Waals surface area contributed by atoms with Crippen LogP contribution in [0.25, 0.3) is 67.5 Å². The minimum atomic E-state index is -0.212. The monoisotopic (exact) mass is 665 g/mol. The van der Waals surface area contributed by atoms with Gasteiger partial charge < -0.3 is 0 Å².